The van der Waals surface area contributed by atoms with E-state index < -0.39 is 6.04 Å². The van der Waals surface area contributed by atoms with Crippen LogP contribution in [0.2, 0.25) is 0 Å². The Morgan fingerprint density at radius 3 is 1.58 bits per heavy atom. The van der Waals surface area contributed by atoms with E-state index in [0.29, 0.717) is 5.56 Å². The summed E-state index contributed by atoms with van der Waals surface area (Å²) in [4.78, 5) is 0. The largest absolute Gasteiger partial charge is 0.455 e. The highest BCUT2D eigenvalue weighted by molar-refractivity contribution is 6.26. The minimum atomic E-state index is -0.404. The van der Waals surface area contributed by atoms with Crippen LogP contribution in [0, 0.1) is 0 Å². The van der Waals surface area contributed by atoms with Crippen LogP contribution in [0.3, 0.4) is 0 Å². The van der Waals surface area contributed by atoms with Crippen molar-refractivity contribution >= 4 is 43.5 Å². The van der Waals surface area contributed by atoms with Crippen LogP contribution in [-0.2, 0) is 0 Å². The third-order valence-corrected chi connectivity index (χ3v) is 8.77. The van der Waals surface area contributed by atoms with Gasteiger partial charge in [0, 0.05) is 16.3 Å². The molecule has 210 valence electrons. The molecule has 9 aromatic rings. The second kappa shape index (κ2) is 10.4. The lowest BCUT2D eigenvalue weighted by molar-refractivity contribution is 0.670. The van der Waals surface area contributed by atoms with Gasteiger partial charge in [0.2, 0.25) is 0 Å². The van der Waals surface area contributed by atoms with Crippen molar-refractivity contribution in [2.24, 2.45) is 0 Å². The smallest absolute Gasteiger partial charge is 0.143 e. The van der Waals surface area contributed by atoms with Gasteiger partial charge in [0.15, 0.2) is 0 Å². The molecule has 0 bridgehead atoms. The zero-order chi connectivity index (χ0) is 34.1. The molecule has 0 fully saturated rings. The Bertz CT molecular complexity index is 2730. The van der Waals surface area contributed by atoms with Crippen molar-refractivity contribution < 1.29 is 11.3 Å². The van der Waals surface area contributed by atoms with Crippen molar-refractivity contribution in [3.05, 3.63) is 170 Å². The third kappa shape index (κ3) is 4.02. The molecule has 0 saturated heterocycles. The number of benzene rings is 8. The van der Waals surface area contributed by atoms with E-state index >= 15 is 0 Å². The van der Waals surface area contributed by atoms with Crippen molar-refractivity contribution in [2.45, 2.75) is 0 Å². The van der Waals surface area contributed by atoms with E-state index in [1.54, 1.807) is 0 Å². The fraction of sp³-hybridized carbons (Fsp3) is 0. The van der Waals surface area contributed by atoms with Crippen LogP contribution in [0.1, 0.15) is 6.85 Å². The summed E-state index contributed by atoms with van der Waals surface area (Å²) < 4.78 is 49.3. The van der Waals surface area contributed by atoms with Gasteiger partial charge in [-0.25, -0.2) is 0 Å². The molecule has 9 rings (SSSR count). The first kappa shape index (κ1) is 20.9. The third-order valence-electron chi connectivity index (χ3n) is 8.77. The first-order valence-corrected chi connectivity index (χ1v) is 15.0. The van der Waals surface area contributed by atoms with E-state index in [2.05, 4.69) is 60.7 Å². The number of furan rings is 1. The molecule has 0 saturated carbocycles. The lowest BCUT2D eigenvalue weighted by Crippen LogP contribution is -1.93. The van der Waals surface area contributed by atoms with Gasteiger partial charge >= 0.3 is 0 Å². The Kier molecular flexibility index (Phi) is 4.81. The quantitative estimate of drug-likeness (QED) is 0.190. The van der Waals surface area contributed by atoms with Crippen LogP contribution in [0.5, 0.6) is 0 Å². The Balaban J connectivity index is 1.39. The fourth-order valence-electron chi connectivity index (χ4n) is 6.91. The Hall–Kier alpha value is -5.92. The van der Waals surface area contributed by atoms with Gasteiger partial charge in [-0.15, -0.1) is 0 Å². The van der Waals surface area contributed by atoms with E-state index in [4.69, 9.17) is 11.3 Å². The molecule has 8 aromatic carbocycles. The molecule has 0 aliphatic carbocycles. The maximum Gasteiger partial charge on any atom is 0.143 e. The molecule has 1 heterocycles. The molecule has 1 aromatic heterocycles. The number of hydrogen-bond acceptors (Lipinski definition) is 1. The molecule has 0 atom stereocenters. The lowest BCUT2D eigenvalue weighted by Gasteiger charge is -2.20. The molecule has 0 aliphatic heterocycles. The minimum Gasteiger partial charge on any atom is -0.455 e. The summed E-state index contributed by atoms with van der Waals surface area (Å²) in [5.41, 5.74) is 8.45. The number of hydrogen-bond donors (Lipinski definition) is 0. The van der Waals surface area contributed by atoms with Crippen LogP contribution < -0.4 is 0 Å². The normalized spacial score (nSPS) is 13.1. The average molecular weight is 578 g/mol. The van der Waals surface area contributed by atoms with Crippen molar-refractivity contribution in [3.63, 3.8) is 0 Å². The molecule has 0 spiro atoms. The highest BCUT2D eigenvalue weighted by Gasteiger charge is 2.22. The predicted molar refractivity (Wildman–Crippen MR) is 190 cm³/mol. The number of rotatable bonds is 4. The van der Waals surface area contributed by atoms with Crippen LogP contribution in [-0.4, -0.2) is 0 Å². The highest BCUT2D eigenvalue weighted by Crippen LogP contribution is 2.48. The molecule has 0 unspecified atom stereocenters. The van der Waals surface area contributed by atoms with Gasteiger partial charge in [-0.05, 0) is 66.6 Å². The second-order valence-corrected chi connectivity index (χ2v) is 11.2. The molecular weight excluding hydrogens is 544 g/mol. The maximum atomic E-state index is 8.82. The summed E-state index contributed by atoms with van der Waals surface area (Å²) in [5.74, 6) is 0. The van der Waals surface area contributed by atoms with E-state index in [0.717, 1.165) is 76.9 Å². The van der Waals surface area contributed by atoms with Crippen molar-refractivity contribution in [1.29, 1.82) is 0 Å². The van der Waals surface area contributed by atoms with Gasteiger partial charge in [-0.2, -0.15) is 0 Å². The topological polar surface area (TPSA) is 13.1 Å². The second-order valence-electron chi connectivity index (χ2n) is 11.2. The molecule has 0 N–H and O–H groups in total. The maximum absolute atomic E-state index is 8.82. The van der Waals surface area contributed by atoms with Gasteiger partial charge in [-0.3, -0.25) is 0 Å². The highest BCUT2D eigenvalue weighted by atomic mass is 16.3. The molecule has 1 heteroatoms. The van der Waals surface area contributed by atoms with Crippen LogP contribution in [0.4, 0.5) is 0 Å². The van der Waals surface area contributed by atoms with Crippen LogP contribution >= 0.6 is 0 Å². The molecule has 1 nitrogen and oxygen atoms in total. The zero-order valence-electron chi connectivity index (χ0n) is 29.2. The Morgan fingerprint density at radius 1 is 0.378 bits per heavy atom. The van der Waals surface area contributed by atoms with E-state index in [1.165, 1.54) is 0 Å². The average Bonchev–Trinajstić information content (AvgIpc) is 3.55. The van der Waals surface area contributed by atoms with Crippen LogP contribution in [0.15, 0.2) is 174 Å². The standard InChI is InChI=1S/C44H28O/c1-3-15-29(16-4-1)31-19-7-8-20-33(31)41-34-21-9-11-23-36(34)42(37-24-12-10-22-35(37)41)38-26-14-28-40-43(38)39-27-13-25-32(44(39)45-40)30-17-5-2-6-18-30/h1-28H/i1D,3D,4D,15D,16D. The first-order chi connectivity index (χ1) is 24.4. The lowest BCUT2D eigenvalue weighted by atomic mass is 9.83. The summed E-state index contributed by atoms with van der Waals surface area (Å²) in [7, 11) is 0. The van der Waals surface area contributed by atoms with Crippen molar-refractivity contribution in [3.8, 4) is 44.5 Å². The van der Waals surface area contributed by atoms with Gasteiger partial charge in [0.05, 0.1) is 6.85 Å². The van der Waals surface area contributed by atoms with Crippen molar-refractivity contribution in [1.82, 2.24) is 0 Å². The number of para-hydroxylation sites is 1. The van der Waals surface area contributed by atoms with Gasteiger partial charge in [0.1, 0.15) is 11.2 Å². The number of fused-ring (bicyclic) bond motifs is 5. The summed E-state index contributed by atoms with van der Waals surface area (Å²) in [6, 6.07) is 45.6. The predicted octanol–water partition coefficient (Wildman–Crippen LogP) is 12.6. The van der Waals surface area contributed by atoms with E-state index in [-0.39, 0.29) is 29.7 Å². The Morgan fingerprint density at radius 2 is 0.889 bits per heavy atom. The summed E-state index contributed by atoms with van der Waals surface area (Å²) >= 11 is 0. The molecule has 0 radical (unpaired) electrons. The van der Waals surface area contributed by atoms with Gasteiger partial charge in [0.25, 0.3) is 0 Å². The van der Waals surface area contributed by atoms with E-state index in [1.807, 2.05) is 78.9 Å². The minimum absolute atomic E-state index is 0.188. The SMILES string of the molecule is [2H]c1c([2H])c([2H])c(-c2ccccc2-c2c3ccccc3c(-c3cccc4oc5c(-c6ccccc6)cccc5c34)c3ccccc23)c([2H])c1[2H]. The molecule has 45 heavy (non-hydrogen) atoms. The monoisotopic (exact) mass is 577 g/mol. The summed E-state index contributed by atoms with van der Waals surface area (Å²) in [6.45, 7) is 0. The summed E-state index contributed by atoms with van der Waals surface area (Å²) in [5, 5.41) is 6.16. The molecule has 0 aliphatic rings. The van der Waals surface area contributed by atoms with Crippen molar-refractivity contribution in [2.75, 3.05) is 0 Å². The first-order valence-electron chi connectivity index (χ1n) is 17.5. The van der Waals surface area contributed by atoms with E-state index in [9.17, 15) is 0 Å². The fourth-order valence-corrected chi connectivity index (χ4v) is 6.91. The van der Waals surface area contributed by atoms with Gasteiger partial charge < -0.3 is 4.42 Å². The Labute approximate surface area is 268 Å². The zero-order valence-corrected chi connectivity index (χ0v) is 24.2. The summed E-state index contributed by atoms with van der Waals surface area (Å²) in [6.07, 6.45) is 0. The molecular formula is C44H28O. The molecule has 0 amide bonds. The van der Waals surface area contributed by atoms with Crippen LogP contribution in [0.25, 0.3) is 88.0 Å². The van der Waals surface area contributed by atoms with Gasteiger partial charge in [-0.1, -0.05) is 164 Å².